The lowest BCUT2D eigenvalue weighted by Crippen LogP contribution is -2.11. The van der Waals surface area contributed by atoms with Gasteiger partial charge in [-0.1, -0.05) is 6.92 Å². The van der Waals surface area contributed by atoms with Gasteiger partial charge in [-0.2, -0.15) is 0 Å². The van der Waals surface area contributed by atoms with Crippen LogP contribution in [0.1, 0.15) is 18.3 Å². The summed E-state index contributed by atoms with van der Waals surface area (Å²) in [5.41, 5.74) is 4.83. The summed E-state index contributed by atoms with van der Waals surface area (Å²) in [6, 6.07) is 7.31. The molecule has 0 bridgehead atoms. The van der Waals surface area contributed by atoms with Gasteiger partial charge in [0, 0.05) is 22.9 Å². The van der Waals surface area contributed by atoms with Crippen molar-refractivity contribution < 1.29 is 17.9 Å². The van der Waals surface area contributed by atoms with Crippen LogP contribution in [-0.2, 0) is 16.4 Å². The SMILES string of the molecule is CCc1ncnc(-c2ccc(OC)c(OC)c2)c1-c1cnc(C)c(NS(C)(=O)=O)c1. The zero-order valence-corrected chi connectivity index (χ0v) is 18.4. The second kappa shape index (κ2) is 8.66. The van der Waals surface area contributed by atoms with E-state index in [1.54, 1.807) is 33.4 Å². The second-order valence-corrected chi connectivity index (χ2v) is 8.45. The fourth-order valence-corrected chi connectivity index (χ4v) is 3.77. The normalized spacial score (nSPS) is 11.2. The maximum atomic E-state index is 11.8. The van der Waals surface area contributed by atoms with E-state index in [9.17, 15) is 8.42 Å². The van der Waals surface area contributed by atoms with E-state index in [0.717, 1.165) is 23.1 Å². The number of pyridine rings is 1. The number of rotatable bonds is 7. The Kier molecular flexibility index (Phi) is 6.21. The van der Waals surface area contributed by atoms with Crippen molar-refractivity contribution >= 4 is 15.7 Å². The van der Waals surface area contributed by atoms with Crippen LogP contribution in [0.5, 0.6) is 11.5 Å². The number of benzene rings is 1. The topological polar surface area (TPSA) is 103 Å². The number of nitrogens with zero attached hydrogens (tertiary/aromatic N) is 3. The number of ether oxygens (including phenoxy) is 2. The summed E-state index contributed by atoms with van der Waals surface area (Å²) < 4.78 is 36.8. The molecular formula is C21H24N4O4S. The molecule has 1 aromatic carbocycles. The van der Waals surface area contributed by atoms with Gasteiger partial charge in [-0.15, -0.1) is 0 Å². The molecule has 0 unspecified atom stereocenters. The van der Waals surface area contributed by atoms with Crippen LogP contribution in [0.4, 0.5) is 5.69 Å². The van der Waals surface area contributed by atoms with Gasteiger partial charge < -0.3 is 9.47 Å². The van der Waals surface area contributed by atoms with E-state index >= 15 is 0 Å². The number of sulfonamides is 1. The Morgan fingerprint density at radius 1 is 1.00 bits per heavy atom. The molecule has 0 aliphatic carbocycles. The van der Waals surface area contributed by atoms with Crippen LogP contribution in [0.3, 0.4) is 0 Å². The molecule has 0 aliphatic rings. The quantitative estimate of drug-likeness (QED) is 0.614. The maximum Gasteiger partial charge on any atom is 0.229 e. The zero-order chi connectivity index (χ0) is 21.9. The first-order valence-corrected chi connectivity index (χ1v) is 11.2. The van der Waals surface area contributed by atoms with Gasteiger partial charge in [-0.05, 0) is 37.6 Å². The maximum absolute atomic E-state index is 11.8. The molecule has 3 rings (SSSR count). The first-order chi connectivity index (χ1) is 14.3. The molecule has 158 valence electrons. The predicted octanol–water partition coefficient (Wildman–Crippen LogP) is 3.47. The molecule has 0 radical (unpaired) electrons. The van der Waals surface area contributed by atoms with Gasteiger partial charge in [0.05, 0.1) is 43.2 Å². The van der Waals surface area contributed by atoms with Crippen LogP contribution in [-0.4, -0.2) is 43.8 Å². The molecule has 0 atom stereocenters. The molecule has 8 nitrogen and oxygen atoms in total. The lowest BCUT2D eigenvalue weighted by atomic mass is 9.97. The van der Waals surface area contributed by atoms with Crippen molar-refractivity contribution in [3.05, 3.63) is 48.2 Å². The highest BCUT2D eigenvalue weighted by Crippen LogP contribution is 2.37. The van der Waals surface area contributed by atoms with Crippen LogP contribution in [0, 0.1) is 6.92 Å². The Morgan fingerprint density at radius 2 is 1.73 bits per heavy atom. The van der Waals surface area contributed by atoms with Crippen LogP contribution < -0.4 is 14.2 Å². The summed E-state index contributed by atoms with van der Waals surface area (Å²) >= 11 is 0. The van der Waals surface area contributed by atoms with E-state index in [1.165, 1.54) is 6.33 Å². The van der Waals surface area contributed by atoms with E-state index in [1.807, 2.05) is 25.1 Å². The van der Waals surface area contributed by atoms with Crippen molar-refractivity contribution in [1.29, 1.82) is 0 Å². The van der Waals surface area contributed by atoms with Crippen molar-refractivity contribution in [2.24, 2.45) is 0 Å². The highest BCUT2D eigenvalue weighted by Gasteiger charge is 2.18. The number of nitrogens with one attached hydrogen (secondary N) is 1. The summed E-state index contributed by atoms with van der Waals surface area (Å²) in [5, 5.41) is 0. The largest absolute Gasteiger partial charge is 0.493 e. The van der Waals surface area contributed by atoms with Gasteiger partial charge >= 0.3 is 0 Å². The summed E-state index contributed by atoms with van der Waals surface area (Å²) in [6.45, 7) is 3.75. The minimum Gasteiger partial charge on any atom is -0.493 e. The van der Waals surface area contributed by atoms with Crippen LogP contribution in [0.25, 0.3) is 22.4 Å². The molecule has 0 amide bonds. The summed E-state index contributed by atoms with van der Waals surface area (Å²) in [6.07, 6.45) is 4.99. The molecule has 30 heavy (non-hydrogen) atoms. The van der Waals surface area contributed by atoms with Crippen molar-refractivity contribution in [2.75, 3.05) is 25.2 Å². The minimum atomic E-state index is -3.44. The van der Waals surface area contributed by atoms with Gasteiger partial charge in [-0.25, -0.2) is 18.4 Å². The zero-order valence-electron chi connectivity index (χ0n) is 17.6. The lowest BCUT2D eigenvalue weighted by Gasteiger charge is -2.16. The van der Waals surface area contributed by atoms with E-state index in [0.29, 0.717) is 40.6 Å². The Bertz CT molecular complexity index is 1180. The first kappa shape index (κ1) is 21.5. The summed E-state index contributed by atoms with van der Waals surface area (Å²) in [5.74, 6) is 1.20. The average Bonchev–Trinajstić information content (AvgIpc) is 2.73. The van der Waals surface area contributed by atoms with Gasteiger partial charge in [0.1, 0.15) is 6.33 Å². The molecule has 0 spiro atoms. The Morgan fingerprint density at radius 3 is 2.37 bits per heavy atom. The van der Waals surface area contributed by atoms with E-state index in [4.69, 9.17) is 9.47 Å². The Balaban J connectivity index is 2.23. The third-order valence-electron chi connectivity index (χ3n) is 4.59. The van der Waals surface area contributed by atoms with Gasteiger partial charge in [0.15, 0.2) is 11.5 Å². The van der Waals surface area contributed by atoms with Crippen LogP contribution >= 0.6 is 0 Å². The molecule has 0 saturated heterocycles. The molecule has 2 aromatic heterocycles. The van der Waals surface area contributed by atoms with Crippen molar-refractivity contribution in [1.82, 2.24) is 15.0 Å². The van der Waals surface area contributed by atoms with Gasteiger partial charge in [0.25, 0.3) is 0 Å². The third kappa shape index (κ3) is 4.51. The van der Waals surface area contributed by atoms with Gasteiger partial charge in [0.2, 0.25) is 10.0 Å². The molecule has 2 heterocycles. The molecule has 3 aromatic rings. The minimum absolute atomic E-state index is 0.416. The van der Waals surface area contributed by atoms with Crippen molar-refractivity contribution in [3.8, 4) is 33.9 Å². The second-order valence-electron chi connectivity index (χ2n) is 6.70. The number of aryl methyl sites for hydroxylation is 2. The standard InChI is InChI=1S/C21H24N4O4S/c1-6-16-20(15-9-17(13(2)22-11-15)25-30(5,26)27)21(24-12-23-16)14-7-8-18(28-3)19(10-14)29-4/h7-12,25H,6H2,1-5H3. The van der Waals surface area contributed by atoms with Crippen LogP contribution in [0.15, 0.2) is 36.8 Å². The fraction of sp³-hybridized carbons (Fsp3) is 0.286. The molecule has 0 fully saturated rings. The smallest absolute Gasteiger partial charge is 0.229 e. The predicted molar refractivity (Wildman–Crippen MR) is 116 cm³/mol. The van der Waals surface area contributed by atoms with E-state index < -0.39 is 10.0 Å². The first-order valence-electron chi connectivity index (χ1n) is 9.28. The summed E-state index contributed by atoms with van der Waals surface area (Å²) in [4.78, 5) is 13.3. The lowest BCUT2D eigenvalue weighted by molar-refractivity contribution is 0.355. The molecule has 0 saturated carbocycles. The van der Waals surface area contributed by atoms with Crippen LogP contribution in [0.2, 0.25) is 0 Å². The molecule has 1 N–H and O–H groups in total. The van der Waals surface area contributed by atoms with E-state index in [2.05, 4.69) is 19.7 Å². The summed E-state index contributed by atoms with van der Waals surface area (Å²) in [7, 11) is -0.288. The molecular weight excluding hydrogens is 404 g/mol. The highest BCUT2D eigenvalue weighted by molar-refractivity contribution is 7.92. The monoisotopic (exact) mass is 428 g/mol. The third-order valence-corrected chi connectivity index (χ3v) is 5.18. The van der Waals surface area contributed by atoms with Crippen molar-refractivity contribution in [2.45, 2.75) is 20.3 Å². The van der Waals surface area contributed by atoms with Gasteiger partial charge in [-0.3, -0.25) is 9.71 Å². The number of hydrogen-bond donors (Lipinski definition) is 1. The Hall–Kier alpha value is -3.20. The van der Waals surface area contributed by atoms with E-state index in [-0.39, 0.29) is 0 Å². The number of hydrogen-bond acceptors (Lipinski definition) is 7. The molecule has 0 aliphatic heterocycles. The number of aromatic nitrogens is 3. The Labute approximate surface area is 176 Å². The number of methoxy groups -OCH3 is 2. The fourth-order valence-electron chi connectivity index (χ4n) is 3.17. The van der Waals surface area contributed by atoms with Crippen molar-refractivity contribution in [3.63, 3.8) is 0 Å². The molecule has 9 heteroatoms. The highest BCUT2D eigenvalue weighted by atomic mass is 32.2. The average molecular weight is 429 g/mol. The number of anilines is 1.